The molecule has 0 unspecified atom stereocenters. The number of anilines is 2. The summed E-state index contributed by atoms with van der Waals surface area (Å²) in [7, 11) is 0. The van der Waals surface area contributed by atoms with Crippen LogP contribution in [0.4, 0.5) is 15.9 Å². The van der Waals surface area contributed by atoms with Crippen molar-refractivity contribution in [2.45, 2.75) is 34.2 Å². The molecule has 1 aromatic carbocycles. The first-order valence-electron chi connectivity index (χ1n) is 9.72. The van der Waals surface area contributed by atoms with Gasteiger partial charge in [0.25, 0.3) is 11.5 Å². The van der Waals surface area contributed by atoms with Gasteiger partial charge in [0, 0.05) is 23.2 Å². The van der Waals surface area contributed by atoms with E-state index in [-0.39, 0.29) is 34.8 Å². The average Bonchev–Trinajstić information content (AvgIpc) is 3.09. The zero-order valence-electron chi connectivity index (χ0n) is 17.4. The van der Waals surface area contributed by atoms with E-state index < -0.39 is 23.0 Å². The highest BCUT2D eigenvalue weighted by Gasteiger charge is 2.27. The van der Waals surface area contributed by atoms with Crippen molar-refractivity contribution < 1.29 is 9.18 Å². The van der Waals surface area contributed by atoms with Gasteiger partial charge in [0.05, 0.1) is 4.88 Å². The van der Waals surface area contributed by atoms with E-state index in [1.165, 1.54) is 21.6 Å². The monoisotopic (exact) mass is 432 g/mol. The normalized spacial score (nSPS) is 11.6. The minimum Gasteiger partial charge on any atom is -0.383 e. The third-order valence-corrected chi connectivity index (χ3v) is 5.63. The number of H-pyrrole nitrogens is 1. The Morgan fingerprint density at radius 3 is 2.53 bits per heavy atom. The van der Waals surface area contributed by atoms with Gasteiger partial charge in [-0.2, -0.15) is 0 Å². The van der Waals surface area contributed by atoms with Gasteiger partial charge in [0.1, 0.15) is 11.6 Å². The van der Waals surface area contributed by atoms with Gasteiger partial charge in [-0.3, -0.25) is 24.0 Å². The molecule has 160 valence electrons. The van der Waals surface area contributed by atoms with Crippen LogP contribution in [0.15, 0.2) is 33.9 Å². The summed E-state index contributed by atoms with van der Waals surface area (Å²) in [5.41, 5.74) is 4.82. The van der Waals surface area contributed by atoms with Crippen LogP contribution in [0.2, 0.25) is 0 Å². The maximum Gasteiger partial charge on any atom is 0.330 e. The number of nitrogen functional groups attached to an aromatic ring is 1. The topological polar surface area (TPSA) is 101 Å². The Morgan fingerprint density at radius 1 is 1.23 bits per heavy atom. The Balaban J connectivity index is 2.17. The molecule has 30 heavy (non-hydrogen) atoms. The fourth-order valence-corrected chi connectivity index (χ4v) is 4.31. The summed E-state index contributed by atoms with van der Waals surface area (Å²) in [6, 6.07) is 6.13. The van der Waals surface area contributed by atoms with Crippen molar-refractivity contribution in [1.82, 2.24) is 9.55 Å². The molecule has 0 radical (unpaired) electrons. The van der Waals surface area contributed by atoms with E-state index in [0.29, 0.717) is 16.6 Å². The lowest BCUT2D eigenvalue weighted by molar-refractivity contribution is 0.0987. The summed E-state index contributed by atoms with van der Waals surface area (Å²) in [6.45, 7) is 8.15. The predicted octanol–water partition coefficient (Wildman–Crippen LogP) is 3.43. The number of hydrogen-bond acceptors (Lipinski definition) is 5. The second-order valence-electron chi connectivity index (χ2n) is 8.07. The summed E-state index contributed by atoms with van der Waals surface area (Å²) in [5, 5.41) is 0.349. The highest BCUT2D eigenvalue weighted by molar-refractivity contribution is 7.20. The molecule has 2 heterocycles. The first-order chi connectivity index (χ1) is 14.1. The lowest BCUT2D eigenvalue weighted by Crippen LogP contribution is -2.42. The van der Waals surface area contributed by atoms with Crippen LogP contribution < -0.4 is 21.9 Å². The average molecular weight is 433 g/mol. The zero-order chi connectivity index (χ0) is 22.2. The number of aromatic amines is 1. The van der Waals surface area contributed by atoms with E-state index in [1.54, 1.807) is 12.1 Å². The number of carbonyl (C=O) groups excluding carboxylic acids is 1. The molecule has 0 bridgehead atoms. The molecule has 3 N–H and O–H groups in total. The third kappa shape index (κ3) is 4.16. The minimum atomic E-state index is -0.723. The number of carbonyl (C=O) groups is 1. The molecule has 7 nitrogen and oxygen atoms in total. The van der Waals surface area contributed by atoms with Gasteiger partial charge in [0.15, 0.2) is 5.69 Å². The maximum atomic E-state index is 14.1. The Hall–Kier alpha value is -2.94. The van der Waals surface area contributed by atoms with Gasteiger partial charge in [0.2, 0.25) is 0 Å². The minimum absolute atomic E-state index is 0.0179. The number of rotatable bonds is 6. The number of nitrogens with zero attached hydrogens (tertiary/aromatic N) is 2. The van der Waals surface area contributed by atoms with E-state index in [9.17, 15) is 18.8 Å². The molecule has 0 spiro atoms. The second kappa shape index (κ2) is 8.43. The molecule has 0 aliphatic carbocycles. The molecule has 0 saturated heterocycles. The largest absolute Gasteiger partial charge is 0.383 e. The summed E-state index contributed by atoms with van der Waals surface area (Å²) in [4.78, 5) is 42.2. The zero-order valence-corrected chi connectivity index (χ0v) is 18.2. The van der Waals surface area contributed by atoms with Crippen molar-refractivity contribution in [3.05, 3.63) is 55.8 Å². The van der Waals surface area contributed by atoms with Crippen molar-refractivity contribution in [2.75, 3.05) is 17.2 Å². The van der Waals surface area contributed by atoms with Crippen LogP contribution in [0.25, 0.3) is 10.1 Å². The molecular weight excluding hydrogens is 407 g/mol. The lowest BCUT2D eigenvalue weighted by Gasteiger charge is -2.26. The molecule has 0 atom stereocenters. The number of hydrogen-bond donors (Lipinski definition) is 2. The van der Waals surface area contributed by atoms with Crippen LogP contribution in [0.3, 0.4) is 0 Å². The number of nitrogens with two attached hydrogens (primary N) is 1. The van der Waals surface area contributed by atoms with Crippen LogP contribution in [0.1, 0.15) is 37.4 Å². The molecular formula is C21H25FN4O3S. The van der Waals surface area contributed by atoms with Gasteiger partial charge in [-0.1, -0.05) is 33.8 Å². The fraction of sp³-hybridized carbons (Fsp3) is 0.381. The number of halogens is 1. The standard InChI is InChI=1S/C21H25FN4O3S/c1-11(2)9-25(17-18(23)26(10-12(3)4)21(29)24-19(17)27)20(28)16-8-13-14(22)6-5-7-15(13)30-16/h5-8,11-12H,9-10,23H2,1-4H3,(H,24,27,29). The van der Waals surface area contributed by atoms with Crippen LogP contribution >= 0.6 is 11.3 Å². The Kier molecular flexibility index (Phi) is 6.12. The molecule has 3 rings (SSSR count). The smallest absolute Gasteiger partial charge is 0.330 e. The molecule has 0 fully saturated rings. The number of fused-ring (bicyclic) bond motifs is 1. The lowest BCUT2D eigenvalue weighted by atomic mass is 10.1. The fourth-order valence-electron chi connectivity index (χ4n) is 3.29. The van der Waals surface area contributed by atoms with Gasteiger partial charge in [-0.15, -0.1) is 11.3 Å². The van der Waals surface area contributed by atoms with Crippen LogP contribution in [0, 0.1) is 17.7 Å². The quantitative estimate of drug-likeness (QED) is 0.623. The molecule has 3 aromatic rings. The second-order valence-corrected chi connectivity index (χ2v) is 9.15. The van der Waals surface area contributed by atoms with Crippen molar-refractivity contribution in [1.29, 1.82) is 0 Å². The molecule has 0 aliphatic heterocycles. The molecule has 0 aliphatic rings. The first kappa shape index (κ1) is 21.8. The van der Waals surface area contributed by atoms with Crippen molar-refractivity contribution in [2.24, 2.45) is 11.8 Å². The van der Waals surface area contributed by atoms with E-state index in [0.717, 1.165) is 11.3 Å². The Bertz CT molecular complexity index is 1210. The number of thiophene rings is 1. The van der Waals surface area contributed by atoms with Crippen LogP contribution in [-0.4, -0.2) is 22.0 Å². The Labute approximate surface area is 176 Å². The maximum absolute atomic E-state index is 14.1. The van der Waals surface area contributed by atoms with Crippen LogP contribution in [-0.2, 0) is 6.54 Å². The number of benzene rings is 1. The number of amides is 1. The van der Waals surface area contributed by atoms with Gasteiger partial charge in [-0.25, -0.2) is 9.18 Å². The van der Waals surface area contributed by atoms with E-state index in [4.69, 9.17) is 5.73 Å². The highest BCUT2D eigenvalue weighted by Crippen LogP contribution is 2.30. The van der Waals surface area contributed by atoms with E-state index >= 15 is 0 Å². The van der Waals surface area contributed by atoms with Gasteiger partial charge >= 0.3 is 5.69 Å². The summed E-state index contributed by atoms with van der Waals surface area (Å²) in [6.07, 6.45) is 0. The van der Waals surface area contributed by atoms with Crippen molar-refractivity contribution >= 4 is 38.8 Å². The third-order valence-electron chi connectivity index (χ3n) is 4.54. The van der Waals surface area contributed by atoms with Crippen molar-refractivity contribution in [3.63, 3.8) is 0 Å². The summed E-state index contributed by atoms with van der Waals surface area (Å²) < 4.78 is 16.0. The van der Waals surface area contributed by atoms with Gasteiger partial charge < -0.3 is 5.73 Å². The SMILES string of the molecule is CC(C)CN(C(=O)c1cc2c(F)cccc2s1)c1c(N)n(CC(C)C)c(=O)[nH]c1=O. The molecule has 9 heteroatoms. The first-order valence-corrected chi connectivity index (χ1v) is 10.5. The summed E-state index contributed by atoms with van der Waals surface area (Å²) >= 11 is 1.15. The molecule has 1 amide bonds. The summed E-state index contributed by atoms with van der Waals surface area (Å²) in [5.74, 6) is -0.816. The number of nitrogens with one attached hydrogen (secondary N) is 1. The molecule has 2 aromatic heterocycles. The Morgan fingerprint density at radius 2 is 1.93 bits per heavy atom. The van der Waals surface area contributed by atoms with Crippen molar-refractivity contribution in [3.8, 4) is 0 Å². The molecule has 0 saturated carbocycles. The number of aromatic nitrogens is 2. The van der Waals surface area contributed by atoms with Crippen LogP contribution in [0.5, 0.6) is 0 Å². The van der Waals surface area contributed by atoms with Gasteiger partial charge in [-0.05, 0) is 30.0 Å². The predicted molar refractivity (Wildman–Crippen MR) is 119 cm³/mol. The highest BCUT2D eigenvalue weighted by atomic mass is 32.1. The van der Waals surface area contributed by atoms with E-state index in [1.807, 2.05) is 27.7 Å². The van der Waals surface area contributed by atoms with E-state index in [2.05, 4.69) is 4.98 Å².